The first kappa shape index (κ1) is 12.0. The van der Waals surface area contributed by atoms with Crippen LogP contribution in [0.25, 0.3) is 0 Å². The van der Waals surface area contributed by atoms with E-state index in [9.17, 15) is 4.79 Å². The summed E-state index contributed by atoms with van der Waals surface area (Å²) in [5, 5.41) is 0. The van der Waals surface area contributed by atoms with Crippen molar-refractivity contribution in [3.05, 3.63) is 35.4 Å². The van der Waals surface area contributed by atoms with Crippen LogP contribution in [0.4, 0.5) is 4.79 Å². The lowest BCUT2D eigenvalue weighted by atomic mass is 9.91. The molecule has 17 heavy (non-hydrogen) atoms. The zero-order chi connectivity index (χ0) is 12.3. The van der Waals surface area contributed by atoms with Crippen molar-refractivity contribution in [3.8, 4) is 0 Å². The lowest BCUT2D eigenvalue weighted by Crippen LogP contribution is -2.40. The monoisotopic (exact) mass is 233 g/mol. The SMILES string of the molecule is CCOC(=O)N1CCc2ccccc2C1CC. The van der Waals surface area contributed by atoms with Gasteiger partial charge in [-0.25, -0.2) is 4.79 Å². The van der Waals surface area contributed by atoms with Crippen LogP contribution in [0.2, 0.25) is 0 Å². The third-order valence-electron chi connectivity index (χ3n) is 3.30. The Morgan fingerprint density at radius 2 is 2.18 bits per heavy atom. The van der Waals surface area contributed by atoms with Gasteiger partial charge in [-0.05, 0) is 30.9 Å². The molecule has 0 spiro atoms. The molecule has 0 aromatic heterocycles. The molecular formula is C14H19NO2. The maximum atomic E-state index is 11.9. The highest BCUT2D eigenvalue weighted by Gasteiger charge is 2.29. The van der Waals surface area contributed by atoms with E-state index in [0.717, 1.165) is 19.4 Å². The van der Waals surface area contributed by atoms with Crippen LogP contribution < -0.4 is 0 Å². The third kappa shape index (κ3) is 2.28. The Hall–Kier alpha value is -1.51. The average molecular weight is 233 g/mol. The van der Waals surface area contributed by atoms with Gasteiger partial charge in [-0.1, -0.05) is 31.2 Å². The van der Waals surface area contributed by atoms with E-state index in [4.69, 9.17) is 4.74 Å². The molecule has 3 heteroatoms. The summed E-state index contributed by atoms with van der Waals surface area (Å²) in [6.45, 7) is 5.15. The molecule has 0 N–H and O–H groups in total. The molecule has 1 aliphatic heterocycles. The first-order valence-corrected chi connectivity index (χ1v) is 6.29. The molecule has 0 aliphatic carbocycles. The van der Waals surface area contributed by atoms with E-state index in [0.29, 0.717) is 6.61 Å². The molecule has 1 aliphatic rings. The molecule has 0 saturated heterocycles. The van der Waals surface area contributed by atoms with Crippen LogP contribution in [0.1, 0.15) is 37.4 Å². The predicted molar refractivity (Wildman–Crippen MR) is 66.9 cm³/mol. The van der Waals surface area contributed by atoms with Gasteiger partial charge in [0.25, 0.3) is 0 Å². The summed E-state index contributed by atoms with van der Waals surface area (Å²) in [5.74, 6) is 0. The van der Waals surface area contributed by atoms with Crippen LogP contribution in [-0.4, -0.2) is 24.1 Å². The quantitative estimate of drug-likeness (QED) is 0.785. The highest BCUT2D eigenvalue weighted by molar-refractivity contribution is 5.69. The molecule has 1 aromatic rings. The van der Waals surface area contributed by atoms with Gasteiger partial charge in [0.2, 0.25) is 0 Å². The number of nitrogens with zero attached hydrogens (tertiary/aromatic N) is 1. The number of carbonyl (C=O) groups excluding carboxylic acids is 1. The Balaban J connectivity index is 2.26. The summed E-state index contributed by atoms with van der Waals surface area (Å²) in [6, 6.07) is 8.54. The van der Waals surface area contributed by atoms with E-state index in [-0.39, 0.29) is 12.1 Å². The van der Waals surface area contributed by atoms with E-state index >= 15 is 0 Å². The zero-order valence-corrected chi connectivity index (χ0v) is 10.5. The smallest absolute Gasteiger partial charge is 0.410 e. The van der Waals surface area contributed by atoms with Gasteiger partial charge in [-0.15, -0.1) is 0 Å². The first-order chi connectivity index (χ1) is 8.27. The van der Waals surface area contributed by atoms with Crippen LogP contribution in [0.15, 0.2) is 24.3 Å². The maximum absolute atomic E-state index is 11.9. The van der Waals surface area contributed by atoms with Crippen LogP contribution in [0.3, 0.4) is 0 Å². The van der Waals surface area contributed by atoms with Crippen LogP contribution in [0, 0.1) is 0 Å². The van der Waals surface area contributed by atoms with Gasteiger partial charge < -0.3 is 9.64 Å². The molecule has 1 aromatic carbocycles. The summed E-state index contributed by atoms with van der Waals surface area (Å²) in [6.07, 6.45) is 1.66. The summed E-state index contributed by atoms with van der Waals surface area (Å²) in [7, 11) is 0. The minimum absolute atomic E-state index is 0.166. The van der Waals surface area contributed by atoms with Gasteiger partial charge in [-0.2, -0.15) is 0 Å². The summed E-state index contributed by atoms with van der Waals surface area (Å²) < 4.78 is 5.12. The van der Waals surface area contributed by atoms with Crippen molar-refractivity contribution in [2.45, 2.75) is 32.7 Å². The third-order valence-corrected chi connectivity index (χ3v) is 3.30. The molecule has 0 radical (unpaired) electrons. The lowest BCUT2D eigenvalue weighted by Gasteiger charge is -2.36. The number of fused-ring (bicyclic) bond motifs is 1. The maximum Gasteiger partial charge on any atom is 0.410 e. The number of carbonyl (C=O) groups is 1. The van der Waals surface area contributed by atoms with Crippen molar-refractivity contribution in [1.29, 1.82) is 0 Å². The number of ether oxygens (including phenoxy) is 1. The zero-order valence-electron chi connectivity index (χ0n) is 10.5. The van der Waals surface area contributed by atoms with E-state index in [2.05, 4.69) is 25.1 Å². The van der Waals surface area contributed by atoms with Crippen molar-refractivity contribution >= 4 is 6.09 Å². The Morgan fingerprint density at radius 3 is 2.88 bits per heavy atom. The molecule has 0 saturated carbocycles. The normalized spacial score (nSPS) is 18.7. The van der Waals surface area contributed by atoms with Gasteiger partial charge >= 0.3 is 6.09 Å². The highest BCUT2D eigenvalue weighted by atomic mass is 16.6. The van der Waals surface area contributed by atoms with E-state index in [1.54, 1.807) is 0 Å². The second-order valence-electron chi connectivity index (χ2n) is 4.27. The molecule has 1 heterocycles. The standard InChI is InChI=1S/C14H19NO2/c1-3-13-12-8-6-5-7-11(12)9-10-15(13)14(16)17-4-2/h5-8,13H,3-4,9-10H2,1-2H3. The number of benzene rings is 1. The lowest BCUT2D eigenvalue weighted by molar-refractivity contribution is 0.0855. The number of hydrogen-bond donors (Lipinski definition) is 0. The van der Waals surface area contributed by atoms with Crippen LogP contribution in [0.5, 0.6) is 0 Å². The van der Waals surface area contributed by atoms with E-state index in [1.807, 2.05) is 17.9 Å². The largest absolute Gasteiger partial charge is 0.450 e. The fourth-order valence-corrected chi connectivity index (χ4v) is 2.52. The first-order valence-electron chi connectivity index (χ1n) is 6.29. The molecule has 3 nitrogen and oxygen atoms in total. The molecule has 1 amide bonds. The Bertz CT molecular complexity index is 403. The molecule has 92 valence electrons. The van der Waals surface area contributed by atoms with Crippen molar-refractivity contribution in [3.63, 3.8) is 0 Å². The minimum atomic E-state index is -0.186. The van der Waals surface area contributed by atoms with Gasteiger partial charge in [0.05, 0.1) is 12.6 Å². The van der Waals surface area contributed by atoms with Crippen molar-refractivity contribution in [2.24, 2.45) is 0 Å². The van der Waals surface area contributed by atoms with Crippen molar-refractivity contribution < 1.29 is 9.53 Å². The molecular weight excluding hydrogens is 214 g/mol. The Morgan fingerprint density at radius 1 is 1.41 bits per heavy atom. The second kappa shape index (κ2) is 5.21. The molecule has 1 unspecified atom stereocenters. The Kier molecular flexibility index (Phi) is 3.67. The van der Waals surface area contributed by atoms with Gasteiger partial charge in [0.15, 0.2) is 0 Å². The molecule has 1 atom stereocenters. The van der Waals surface area contributed by atoms with Crippen molar-refractivity contribution in [1.82, 2.24) is 4.90 Å². The Labute approximate surface area is 102 Å². The van der Waals surface area contributed by atoms with Gasteiger partial charge in [0, 0.05) is 6.54 Å². The predicted octanol–water partition coefficient (Wildman–Crippen LogP) is 3.15. The molecule has 0 bridgehead atoms. The average Bonchev–Trinajstić information content (AvgIpc) is 2.37. The molecule has 0 fully saturated rings. The van der Waals surface area contributed by atoms with E-state index < -0.39 is 0 Å². The summed E-state index contributed by atoms with van der Waals surface area (Å²) in [4.78, 5) is 13.7. The van der Waals surface area contributed by atoms with Gasteiger partial charge in [0.1, 0.15) is 0 Å². The van der Waals surface area contributed by atoms with Crippen LogP contribution >= 0.6 is 0 Å². The number of amides is 1. The summed E-state index contributed by atoms with van der Waals surface area (Å²) in [5.41, 5.74) is 2.63. The second-order valence-corrected chi connectivity index (χ2v) is 4.27. The van der Waals surface area contributed by atoms with Gasteiger partial charge in [-0.3, -0.25) is 0 Å². The number of rotatable bonds is 2. The molecule has 2 rings (SSSR count). The highest BCUT2D eigenvalue weighted by Crippen LogP contribution is 2.32. The topological polar surface area (TPSA) is 29.5 Å². The fraction of sp³-hybridized carbons (Fsp3) is 0.500. The van der Waals surface area contributed by atoms with Crippen molar-refractivity contribution in [2.75, 3.05) is 13.2 Å². The fourth-order valence-electron chi connectivity index (χ4n) is 2.52. The number of hydrogen-bond acceptors (Lipinski definition) is 2. The van der Waals surface area contributed by atoms with E-state index in [1.165, 1.54) is 11.1 Å². The minimum Gasteiger partial charge on any atom is -0.450 e. The van der Waals surface area contributed by atoms with Crippen LogP contribution in [-0.2, 0) is 11.2 Å². The summed E-state index contributed by atoms with van der Waals surface area (Å²) >= 11 is 0.